The molecule has 24 heavy (non-hydrogen) atoms. The molecule has 0 saturated carbocycles. The van der Waals surface area contributed by atoms with Crippen LogP contribution in [-0.4, -0.2) is 31.2 Å². The minimum absolute atomic E-state index is 0.245. The summed E-state index contributed by atoms with van der Waals surface area (Å²) >= 11 is 0. The van der Waals surface area contributed by atoms with Gasteiger partial charge in [0.15, 0.2) is 11.4 Å². The van der Waals surface area contributed by atoms with Crippen LogP contribution in [0, 0.1) is 0 Å². The molecule has 1 amide bonds. The molecule has 0 bridgehead atoms. The molecule has 0 aliphatic carbocycles. The third kappa shape index (κ3) is 2.77. The summed E-state index contributed by atoms with van der Waals surface area (Å²) in [5.41, 5.74) is 1.14. The first-order chi connectivity index (χ1) is 11.8. The number of amides is 1. The summed E-state index contributed by atoms with van der Waals surface area (Å²) in [6.07, 6.45) is 1.44. The predicted molar refractivity (Wildman–Crippen MR) is 81.8 cm³/mol. The summed E-state index contributed by atoms with van der Waals surface area (Å²) in [4.78, 5) is 11.9. The van der Waals surface area contributed by atoms with Crippen molar-refractivity contribution in [1.82, 2.24) is 25.3 Å². The van der Waals surface area contributed by atoms with Crippen LogP contribution < -0.4 is 10.1 Å². The second kappa shape index (κ2) is 5.80. The van der Waals surface area contributed by atoms with E-state index < -0.39 is 0 Å². The van der Waals surface area contributed by atoms with Crippen LogP contribution in [0.1, 0.15) is 10.6 Å². The number of hydrogen-bond acceptors (Lipinski definition) is 7. The number of tetrazole rings is 1. The fourth-order valence-electron chi connectivity index (χ4n) is 2.02. The number of nitrogens with one attached hydrogen (secondary N) is 1. The molecule has 0 spiro atoms. The van der Waals surface area contributed by atoms with Crippen molar-refractivity contribution in [3.8, 4) is 11.6 Å². The summed E-state index contributed by atoms with van der Waals surface area (Å²) in [7, 11) is 0. The molecule has 0 atom stereocenters. The van der Waals surface area contributed by atoms with E-state index >= 15 is 0 Å². The Balaban J connectivity index is 1.46. The number of nitrogens with zero attached hydrogens (tertiary/aromatic N) is 5. The van der Waals surface area contributed by atoms with E-state index in [1.54, 1.807) is 48.5 Å². The second-order valence-corrected chi connectivity index (χ2v) is 4.76. The zero-order valence-corrected chi connectivity index (χ0v) is 12.2. The van der Waals surface area contributed by atoms with Gasteiger partial charge >= 0.3 is 0 Å². The maximum Gasteiger partial charge on any atom is 0.291 e. The SMILES string of the molecule is O=C(Nc1ccc(Oc2ccc3nnnn3n2)cc1)c1ccco1. The minimum Gasteiger partial charge on any atom is -0.459 e. The highest BCUT2D eigenvalue weighted by molar-refractivity contribution is 6.02. The second-order valence-electron chi connectivity index (χ2n) is 4.76. The third-order valence-electron chi connectivity index (χ3n) is 3.12. The Hall–Kier alpha value is -3.75. The number of aromatic nitrogens is 5. The highest BCUT2D eigenvalue weighted by Crippen LogP contribution is 2.21. The van der Waals surface area contributed by atoms with Crippen LogP contribution in [0.2, 0.25) is 0 Å². The van der Waals surface area contributed by atoms with E-state index in [0.717, 1.165) is 0 Å². The number of anilines is 1. The van der Waals surface area contributed by atoms with Crippen LogP contribution >= 0.6 is 0 Å². The Bertz CT molecular complexity index is 978. The molecule has 0 aliphatic heterocycles. The van der Waals surface area contributed by atoms with Crippen molar-refractivity contribution in [2.45, 2.75) is 0 Å². The Morgan fingerprint density at radius 1 is 1.12 bits per heavy atom. The van der Waals surface area contributed by atoms with Crippen molar-refractivity contribution in [1.29, 1.82) is 0 Å². The monoisotopic (exact) mass is 322 g/mol. The van der Waals surface area contributed by atoms with Crippen molar-refractivity contribution < 1.29 is 13.9 Å². The van der Waals surface area contributed by atoms with E-state index in [-0.39, 0.29) is 11.7 Å². The van der Waals surface area contributed by atoms with Gasteiger partial charge in [0.2, 0.25) is 5.88 Å². The normalized spacial score (nSPS) is 10.7. The number of ether oxygens (including phenoxy) is 1. The Kier molecular flexibility index (Phi) is 3.35. The van der Waals surface area contributed by atoms with Crippen molar-refractivity contribution in [2.75, 3.05) is 5.32 Å². The van der Waals surface area contributed by atoms with Gasteiger partial charge in [-0.1, -0.05) is 0 Å². The minimum atomic E-state index is -0.320. The van der Waals surface area contributed by atoms with Crippen molar-refractivity contribution in [3.63, 3.8) is 0 Å². The van der Waals surface area contributed by atoms with Gasteiger partial charge in [-0.05, 0) is 52.9 Å². The molecule has 1 aromatic carbocycles. The summed E-state index contributed by atoms with van der Waals surface area (Å²) in [5, 5.41) is 17.8. The summed E-state index contributed by atoms with van der Waals surface area (Å²) in [6, 6.07) is 13.5. The molecule has 0 fully saturated rings. The topological polar surface area (TPSA) is 107 Å². The molecule has 4 rings (SSSR count). The summed E-state index contributed by atoms with van der Waals surface area (Å²) in [5.74, 6) is 0.835. The Morgan fingerprint density at radius 2 is 2.00 bits per heavy atom. The molecule has 0 unspecified atom stereocenters. The lowest BCUT2D eigenvalue weighted by Gasteiger charge is -2.06. The molecular weight excluding hydrogens is 312 g/mol. The van der Waals surface area contributed by atoms with Gasteiger partial charge in [-0.3, -0.25) is 4.79 Å². The van der Waals surface area contributed by atoms with Crippen LogP contribution in [0.25, 0.3) is 5.65 Å². The highest BCUT2D eigenvalue weighted by Gasteiger charge is 2.09. The number of carbonyl (C=O) groups excluding carboxylic acids is 1. The van der Waals surface area contributed by atoms with Gasteiger partial charge in [0.05, 0.1) is 6.26 Å². The number of hydrogen-bond donors (Lipinski definition) is 1. The van der Waals surface area contributed by atoms with E-state index in [0.29, 0.717) is 23.0 Å². The third-order valence-corrected chi connectivity index (χ3v) is 3.12. The number of fused-ring (bicyclic) bond motifs is 1. The molecule has 0 saturated heterocycles. The molecular formula is C15H10N6O3. The van der Waals surface area contributed by atoms with E-state index in [4.69, 9.17) is 9.15 Å². The van der Waals surface area contributed by atoms with Crippen molar-refractivity contribution in [3.05, 3.63) is 60.6 Å². The van der Waals surface area contributed by atoms with E-state index in [1.807, 2.05) is 0 Å². The lowest BCUT2D eigenvalue weighted by molar-refractivity contribution is 0.0996. The van der Waals surface area contributed by atoms with Crippen LogP contribution in [0.5, 0.6) is 11.6 Å². The largest absolute Gasteiger partial charge is 0.459 e. The maximum atomic E-state index is 11.9. The van der Waals surface area contributed by atoms with E-state index in [9.17, 15) is 4.79 Å². The number of furan rings is 1. The Labute approximate surface area is 134 Å². The molecule has 3 heterocycles. The van der Waals surface area contributed by atoms with Crippen molar-refractivity contribution >= 4 is 17.2 Å². The van der Waals surface area contributed by atoms with Gasteiger partial charge in [0, 0.05) is 11.8 Å². The van der Waals surface area contributed by atoms with Crippen molar-refractivity contribution in [2.24, 2.45) is 0 Å². The van der Waals surface area contributed by atoms with Crippen LogP contribution in [0.15, 0.2) is 59.2 Å². The molecule has 3 aromatic heterocycles. The van der Waals surface area contributed by atoms with Gasteiger partial charge < -0.3 is 14.5 Å². The molecule has 9 nitrogen and oxygen atoms in total. The number of benzene rings is 1. The lowest BCUT2D eigenvalue weighted by Crippen LogP contribution is -2.10. The maximum absolute atomic E-state index is 11.9. The quantitative estimate of drug-likeness (QED) is 0.613. The van der Waals surface area contributed by atoms with Crippen LogP contribution in [-0.2, 0) is 0 Å². The number of carbonyl (C=O) groups is 1. The van der Waals surface area contributed by atoms with Crippen LogP contribution in [0.4, 0.5) is 5.69 Å². The van der Waals surface area contributed by atoms with Crippen LogP contribution in [0.3, 0.4) is 0 Å². The molecule has 1 N–H and O–H groups in total. The van der Waals surface area contributed by atoms with E-state index in [1.165, 1.54) is 10.9 Å². The van der Waals surface area contributed by atoms with Gasteiger partial charge in [0.25, 0.3) is 5.91 Å². The highest BCUT2D eigenvalue weighted by atomic mass is 16.5. The van der Waals surface area contributed by atoms with Gasteiger partial charge in [-0.2, -0.15) is 0 Å². The molecule has 118 valence electrons. The standard InChI is InChI=1S/C15H10N6O3/c22-15(12-2-1-9-23-12)16-10-3-5-11(6-4-10)24-14-8-7-13-17-19-20-21(13)18-14/h1-9H,(H,16,22). The predicted octanol–water partition coefficient (Wildman–Crippen LogP) is 2.16. The first-order valence-corrected chi connectivity index (χ1v) is 6.96. The summed E-state index contributed by atoms with van der Waals surface area (Å²) in [6.45, 7) is 0. The first kappa shape index (κ1) is 13.9. The number of rotatable bonds is 4. The average Bonchev–Trinajstić information content (AvgIpc) is 3.27. The molecule has 0 aliphatic rings. The van der Waals surface area contributed by atoms with Gasteiger partial charge in [-0.15, -0.1) is 14.8 Å². The first-order valence-electron chi connectivity index (χ1n) is 6.96. The molecule has 4 aromatic rings. The van der Waals surface area contributed by atoms with Gasteiger partial charge in [0.1, 0.15) is 5.75 Å². The van der Waals surface area contributed by atoms with Gasteiger partial charge in [-0.25, -0.2) is 0 Å². The average molecular weight is 322 g/mol. The van der Waals surface area contributed by atoms with E-state index in [2.05, 4.69) is 25.9 Å². The molecule has 0 radical (unpaired) electrons. The smallest absolute Gasteiger partial charge is 0.291 e. The molecule has 9 heteroatoms. The lowest BCUT2D eigenvalue weighted by atomic mass is 10.3. The summed E-state index contributed by atoms with van der Waals surface area (Å²) < 4.78 is 11.9. The zero-order valence-electron chi connectivity index (χ0n) is 12.2. The fraction of sp³-hybridized carbons (Fsp3) is 0. The fourth-order valence-corrected chi connectivity index (χ4v) is 2.02. The zero-order chi connectivity index (χ0) is 16.4. The Morgan fingerprint density at radius 3 is 2.79 bits per heavy atom.